The van der Waals surface area contributed by atoms with Crippen LogP contribution in [0.1, 0.15) is 19.5 Å². The third kappa shape index (κ3) is 5.27. The first-order valence-corrected chi connectivity index (χ1v) is 12.8. The summed E-state index contributed by atoms with van der Waals surface area (Å²) in [4.78, 5) is 59.9. The number of carbonyl (C=O) groups is 4. The molecule has 13 nitrogen and oxygen atoms in total. The lowest BCUT2D eigenvalue weighted by Gasteiger charge is -2.49. The Morgan fingerprint density at radius 2 is 2.00 bits per heavy atom. The average molecular weight is 548 g/mol. The standard InChI is InChI=1S/C22H22N6O7S2/c1-22(2,20(33)34)35-26-13(12-10-37-21(23)24-12)16(29)25-14-17(30)28-15(19(31)32)11(9-36-18(14)28)8-27-6-4-3-5-7-27/h3-7,10,14,18H,8-9H2,1-2H3,(H4-,23,24,25,29,31,32,33,34)/p+1/b26-13-. The topological polar surface area (TPSA) is 188 Å². The third-order valence-corrected chi connectivity index (χ3v) is 7.56. The van der Waals surface area contributed by atoms with Gasteiger partial charge in [-0.3, -0.25) is 14.5 Å². The number of nitrogens with zero attached hydrogens (tertiary/aromatic N) is 4. The zero-order chi connectivity index (χ0) is 26.9. The van der Waals surface area contributed by atoms with Gasteiger partial charge in [0.05, 0.1) is 0 Å². The maximum Gasteiger partial charge on any atom is 0.352 e. The van der Waals surface area contributed by atoms with Crippen LogP contribution in [0.25, 0.3) is 0 Å². The van der Waals surface area contributed by atoms with E-state index >= 15 is 0 Å². The minimum absolute atomic E-state index is 0.0365. The van der Waals surface area contributed by atoms with E-state index in [1.54, 1.807) is 12.4 Å². The van der Waals surface area contributed by atoms with Crippen molar-refractivity contribution in [3.8, 4) is 0 Å². The molecular weight excluding hydrogens is 524 g/mol. The Hall–Kier alpha value is -3.98. The van der Waals surface area contributed by atoms with Crippen molar-refractivity contribution in [1.29, 1.82) is 0 Å². The second-order valence-corrected chi connectivity index (χ2v) is 10.6. The number of β-lactam (4-membered cyclic amide) rings is 1. The van der Waals surface area contributed by atoms with Crippen LogP contribution in [0.3, 0.4) is 0 Å². The van der Waals surface area contributed by atoms with Crippen LogP contribution in [0.4, 0.5) is 5.13 Å². The lowest BCUT2D eigenvalue weighted by atomic mass is 10.0. The summed E-state index contributed by atoms with van der Waals surface area (Å²) in [5.74, 6) is -3.66. The fourth-order valence-electron chi connectivity index (χ4n) is 3.57. The van der Waals surface area contributed by atoms with Crippen LogP contribution in [0.15, 0.2) is 52.4 Å². The molecule has 194 valence electrons. The van der Waals surface area contributed by atoms with Crippen LogP contribution < -0.4 is 15.6 Å². The van der Waals surface area contributed by atoms with Crippen molar-refractivity contribution < 1.29 is 38.8 Å². The Labute approximate surface area is 218 Å². The zero-order valence-corrected chi connectivity index (χ0v) is 21.3. The number of aromatic nitrogens is 2. The Morgan fingerprint density at radius 3 is 2.59 bits per heavy atom. The molecule has 5 N–H and O–H groups in total. The first-order chi connectivity index (χ1) is 17.5. The largest absolute Gasteiger partial charge is 0.478 e. The number of fused-ring (bicyclic) bond motifs is 1. The summed E-state index contributed by atoms with van der Waals surface area (Å²) in [6, 6.07) is 4.44. The lowest BCUT2D eigenvalue weighted by Crippen LogP contribution is -2.71. The molecule has 2 atom stereocenters. The first kappa shape index (κ1) is 26.1. The second-order valence-electron chi connectivity index (χ2n) is 8.58. The van der Waals surface area contributed by atoms with Gasteiger partial charge >= 0.3 is 11.9 Å². The molecule has 15 heteroatoms. The normalized spacial score (nSPS) is 19.7. The van der Waals surface area contributed by atoms with Gasteiger partial charge in [-0.1, -0.05) is 11.2 Å². The first-order valence-electron chi connectivity index (χ1n) is 10.9. The fraction of sp³-hybridized carbons (Fsp3) is 0.318. The molecule has 2 aliphatic rings. The summed E-state index contributed by atoms with van der Waals surface area (Å²) in [6.07, 6.45) is 3.59. The Balaban J connectivity index is 1.55. The van der Waals surface area contributed by atoms with Gasteiger partial charge in [-0.2, -0.15) is 0 Å². The van der Waals surface area contributed by atoms with Crippen LogP contribution in [0.2, 0.25) is 0 Å². The van der Waals surface area contributed by atoms with E-state index in [4.69, 9.17) is 10.6 Å². The monoisotopic (exact) mass is 547 g/mol. The van der Waals surface area contributed by atoms with Gasteiger partial charge in [-0.25, -0.2) is 19.1 Å². The van der Waals surface area contributed by atoms with Crippen molar-refractivity contribution in [2.24, 2.45) is 5.16 Å². The summed E-state index contributed by atoms with van der Waals surface area (Å²) in [5.41, 5.74) is 4.04. The van der Waals surface area contributed by atoms with Crippen molar-refractivity contribution in [2.45, 2.75) is 37.4 Å². The van der Waals surface area contributed by atoms with Crippen LogP contribution in [0.5, 0.6) is 0 Å². The van der Waals surface area contributed by atoms with E-state index < -0.39 is 40.8 Å². The minimum Gasteiger partial charge on any atom is -0.478 e. The molecule has 2 amide bonds. The fourth-order valence-corrected chi connectivity index (χ4v) is 5.46. The molecular formula is C22H23N6O7S2+. The maximum absolute atomic E-state index is 13.1. The molecule has 2 aromatic heterocycles. The van der Waals surface area contributed by atoms with Crippen molar-refractivity contribution in [1.82, 2.24) is 15.2 Å². The van der Waals surface area contributed by atoms with Crippen LogP contribution in [0, 0.1) is 0 Å². The van der Waals surface area contributed by atoms with Gasteiger partial charge in [0.2, 0.25) is 5.60 Å². The highest BCUT2D eigenvalue weighted by Gasteiger charge is 2.54. The minimum atomic E-state index is -1.75. The van der Waals surface area contributed by atoms with Gasteiger partial charge in [0.1, 0.15) is 22.8 Å². The number of nitrogens with two attached hydrogens (primary N) is 1. The summed E-state index contributed by atoms with van der Waals surface area (Å²) in [7, 11) is 0. The number of nitrogens with one attached hydrogen (secondary N) is 1. The number of pyridine rings is 1. The predicted molar refractivity (Wildman–Crippen MR) is 132 cm³/mol. The summed E-state index contributed by atoms with van der Waals surface area (Å²) < 4.78 is 1.81. The number of thioether (sulfide) groups is 1. The molecule has 0 bridgehead atoms. The summed E-state index contributed by atoms with van der Waals surface area (Å²) in [5, 5.41) is 26.3. The number of nitrogen functional groups attached to an aromatic ring is 1. The Morgan fingerprint density at radius 1 is 1.30 bits per heavy atom. The van der Waals surface area contributed by atoms with Gasteiger partial charge < -0.3 is 26.1 Å². The van der Waals surface area contributed by atoms with E-state index in [-0.39, 0.29) is 22.2 Å². The number of hydrogen-bond donors (Lipinski definition) is 4. The van der Waals surface area contributed by atoms with Crippen LogP contribution in [-0.2, 0) is 30.6 Å². The van der Waals surface area contributed by atoms with Crippen molar-refractivity contribution in [2.75, 3.05) is 11.5 Å². The lowest BCUT2D eigenvalue weighted by molar-refractivity contribution is -0.689. The van der Waals surface area contributed by atoms with Gasteiger partial charge in [0.15, 0.2) is 29.8 Å². The number of carboxylic acids is 2. The van der Waals surface area contributed by atoms with E-state index in [1.165, 1.54) is 35.9 Å². The predicted octanol–water partition coefficient (Wildman–Crippen LogP) is 0.0355. The van der Waals surface area contributed by atoms with Gasteiger partial charge in [0.25, 0.3) is 11.8 Å². The number of carbonyl (C=O) groups excluding carboxylic acids is 2. The van der Waals surface area contributed by atoms with Gasteiger partial charge in [-0.15, -0.1) is 23.1 Å². The van der Waals surface area contributed by atoms with Gasteiger partial charge in [-0.05, 0) is 13.8 Å². The van der Waals surface area contributed by atoms with E-state index in [2.05, 4.69) is 15.5 Å². The molecule has 0 radical (unpaired) electrons. The number of thiazole rings is 1. The number of amides is 2. The second kappa shape index (κ2) is 10.2. The van der Waals surface area contributed by atoms with Crippen molar-refractivity contribution in [3.05, 3.63) is 52.9 Å². The number of aliphatic carboxylic acids is 2. The third-order valence-electron chi connectivity index (χ3n) is 5.55. The number of oxime groups is 1. The zero-order valence-electron chi connectivity index (χ0n) is 19.7. The van der Waals surface area contributed by atoms with E-state index in [0.717, 1.165) is 11.3 Å². The molecule has 2 unspecified atom stereocenters. The Kier molecular flexibility index (Phi) is 7.18. The number of anilines is 1. The molecule has 37 heavy (non-hydrogen) atoms. The summed E-state index contributed by atoms with van der Waals surface area (Å²) >= 11 is 2.35. The molecule has 0 spiro atoms. The van der Waals surface area contributed by atoms with Crippen molar-refractivity contribution in [3.63, 3.8) is 0 Å². The van der Waals surface area contributed by atoms with Crippen molar-refractivity contribution >= 4 is 57.7 Å². The number of rotatable bonds is 9. The smallest absolute Gasteiger partial charge is 0.352 e. The molecule has 2 aromatic rings. The molecule has 1 saturated heterocycles. The van der Waals surface area contributed by atoms with Crippen LogP contribution >= 0.6 is 23.1 Å². The van der Waals surface area contributed by atoms with E-state index in [9.17, 15) is 29.4 Å². The molecule has 0 aliphatic carbocycles. The molecule has 0 saturated carbocycles. The Bertz CT molecular complexity index is 1320. The number of hydrogen-bond acceptors (Lipinski definition) is 10. The van der Waals surface area contributed by atoms with Crippen LogP contribution in [-0.4, -0.2) is 72.3 Å². The molecule has 2 aliphatic heterocycles. The van der Waals surface area contributed by atoms with Gasteiger partial charge in [0, 0.05) is 28.8 Å². The highest BCUT2D eigenvalue weighted by Crippen LogP contribution is 2.40. The van der Waals surface area contributed by atoms with E-state index in [1.807, 2.05) is 22.8 Å². The number of carboxylic acid groups (broad SMARTS) is 2. The highest BCUT2D eigenvalue weighted by atomic mass is 32.2. The summed E-state index contributed by atoms with van der Waals surface area (Å²) in [6.45, 7) is 2.80. The molecule has 1 fully saturated rings. The molecule has 4 heterocycles. The average Bonchev–Trinajstić information content (AvgIpc) is 3.28. The molecule has 0 aromatic carbocycles. The van der Waals surface area contributed by atoms with E-state index in [0.29, 0.717) is 17.9 Å². The quantitative estimate of drug-likeness (QED) is 0.144. The SMILES string of the molecule is CC(C)(O/N=C(\C(=O)NC1C(=O)N2C(C(=O)O)=C(C[n+]3ccccc3)CSC12)c1csc(N)n1)C(=O)O. The molecule has 4 rings (SSSR count). The highest BCUT2D eigenvalue weighted by molar-refractivity contribution is 8.00. The maximum atomic E-state index is 13.1.